The molecule has 2 unspecified atom stereocenters. The van der Waals surface area contributed by atoms with E-state index in [4.69, 9.17) is 18.9 Å². The molecular weight excluding hydrogens is 789 g/mol. The van der Waals surface area contributed by atoms with Crippen LogP contribution in [-0.2, 0) is 28.5 Å². The molecule has 2 N–H and O–H groups in total. The fraction of sp³-hybridized carbons (Fsp3) is 0.964. The number of methoxy groups -OCH3 is 2. The Balaban J connectivity index is 0.741. The van der Waals surface area contributed by atoms with Gasteiger partial charge in [-0.15, -0.1) is 0 Å². The highest BCUT2D eigenvalue weighted by Crippen LogP contribution is 2.70. The van der Waals surface area contributed by atoms with Crippen molar-refractivity contribution >= 4 is 11.9 Å². The number of esters is 2. The van der Waals surface area contributed by atoms with Crippen molar-refractivity contribution in [1.29, 1.82) is 0 Å². The molecule has 0 spiro atoms. The standard InChI is InChI=1S/C55H92O8/c1-34(12-18-48(58)60-7)40-14-16-42-50-44(22-26-54(40,42)5)52(3)24-20-38(30-36(52)32-46(50)56)62-28-10-9-11-29-63-39-21-25-53(4)37(31-39)33-47(57)51-43-17-15-41(35(2)13-19-49(59)61-8)55(43,6)27-23-45(51)53/h34-47,50-51,56-57H,9-33H2,1-8H3/t34-,35-,36?,37?,38-,39-,40-,41-,42+,43+,44-,45+,46-,47+,50+,51+,52+,53+,54-,55-/m1/s1. The van der Waals surface area contributed by atoms with Crippen molar-refractivity contribution in [3.8, 4) is 0 Å². The van der Waals surface area contributed by atoms with Crippen molar-refractivity contribution in [1.82, 2.24) is 0 Å². The molecule has 8 saturated carbocycles. The lowest BCUT2D eigenvalue weighted by Crippen LogP contribution is -2.58. The zero-order chi connectivity index (χ0) is 44.9. The Bertz CT molecular complexity index is 1460. The number of fused-ring (bicyclic) bond motifs is 10. The maximum atomic E-state index is 11.9. The normalized spacial score (nSPS) is 47.5. The molecule has 0 aromatic rings. The minimum atomic E-state index is -0.205. The van der Waals surface area contributed by atoms with E-state index < -0.39 is 0 Å². The molecule has 0 radical (unpaired) electrons. The molecule has 8 rings (SSSR count). The number of carbonyl (C=O) groups excluding carboxylic acids is 2. The van der Waals surface area contributed by atoms with Gasteiger partial charge in [-0.3, -0.25) is 9.59 Å². The van der Waals surface area contributed by atoms with Crippen LogP contribution < -0.4 is 0 Å². The summed E-state index contributed by atoms with van der Waals surface area (Å²) in [5.74, 6) is 6.41. The van der Waals surface area contributed by atoms with Crippen LogP contribution in [0.3, 0.4) is 0 Å². The second kappa shape index (κ2) is 19.4. The number of hydrogen-bond acceptors (Lipinski definition) is 8. The van der Waals surface area contributed by atoms with Crippen LogP contribution in [0.4, 0.5) is 0 Å². The molecule has 360 valence electrons. The van der Waals surface area contributed by atoms with E-state index in [0.29, 0.717) is 107 Å². The van der Waals surface area contributed by atoms with Crippen LogP contribution in [0.5, 0.6) is 0 Å². The minimum absolute atomic E-state index is 0.0910. The molecule has 8 heteroatoms. The van der Waals surface area contributed by atoms with Crippen molar-refractivity contribution in [3.05, 3.63) is 0 Å². The topological polar surface area (TPSA) is 112 Å². The summed E-state index contributed by atoms with van der Waals surface area (Å²) < 4.78 is 23.2. The summed E-state index contributed by atoms with van der Waals surface area (Å²) in [7, 11) is 2.99. The largest absolute Gasteiger partial charge is 0.469 e. The molecule has 8 aliphatic rings. The Morgan fingerprint density at radius 3 is 1.30 bits per heavy atom. The van der Waals surface area contributed by atoms with Crippen LogP contribution in [0.2, 0.25) is 0 Å². The molecular formula is C55H92O8. The summed E-state index contributed by atoms with van der Waals surface area (Å²) in [6.45, 7) is 16.6. The van der Waals surface area contributed by atoms with Crippen LogP contribution in [0.1, 0.15) is 189 Å². The van der Waals surface area contributed by atoms with Gasteiger partial charge in [0, 0.05) is 26.1 Å². The van der Waals surface area contributed by atoms with E-state index in [0.717, 1.165) is 83.8 Å². The van der Waals surface area contributed by atoms with Crippen molar-refractivity contribution in [2.24, 2.45) is 92.7 Å². The summed E-state index contributed by atoms with van der Waals surface area (Å²) >= 11 is 0. The predicted octanol–water partition coefficient (Wildman–Crippen LogP) is 11.4. The van der Waals surface area contributed by atoms with Gasteiger partial charge in [0.2, 0.25) is 0 Å². The number of aliphatic hydroxyl groups excluding tert-OH is 2. The van der Waals surface area contributed by atoms with Crippen LogP contribution in [0.25, 0.3) is 0 Å². The first kappa shape index (κ1) is 48.2. The Hall–Kier alpha value is -1.22. The monoisotopic (exact) mass is 881 g/mol. The van der Waals surface area contributed by atoms with Gasteiger partial charge >= 0.3 is 11.9 Å². The Morgan fingerprint density at radius 2 is 0.905 bits per heavy atom. The molecule has 8 aliphatic carbocycles. The van der Waals surface area contributed by atoms with E-state index in [2.05, 4.69) is 41.5 Å². The zero-order valence-corrected chi connectivity index (χ0v) is 41.3. The lowest BCUT2D eigenvalue weighted by molar-refractivity contribution is -0.178. The fourth-order valence-electron chi connectivity index (χ4n) is 18.8. The van der Waals surface area contributed by atoms with Gasteiger partial charge in [0.1, 0.15) is 0 Å². The van der Waals surface area contributed by atoms with Gasteiger partial charge in [0.05, 0.1) is 38.6 Å². The molecule has 0 aromatic heterocycles. The maximum Gasteiger partial charge on any atom is 0.305 e. The molecule has 8 nitrogen and oxygen atoms in total. The lowest BCUT2D eigenvalue weighted by Gasteiger charge is -2.62. The highest BCUT2D eigenvalue weighted by Gasteiger charge is 2.65. The molecule has 8 fully saturated rings. The van der Waals surface area contributed by atoms with Crippen molar-refractivity contribution in [2.75, 3.05) is 27.4 Å². The molecule has 0 saturated heterocycles. The third-order valence-corrected chi connectivity index (χ3v) is 22.3. The van der Waals surface area contributed by atoms with Crippen molar-refractivity contribution in [3.63, 3.8) is 0 Å². The number of aliphatic hydroxyl groups is 2. The average Bonchev–Trinajstić information content (AvgIpc) is 3.81. The first-order chi connectivity index (χ1) is 30.1. The second-order valence-electron chi connectivity index (χ2n) is 24.8. The quantitative estimate of drug-likeness (QED) is 0.116. The summed E-state index contributed by atoms with van der Waals surface area (Å²) in [6, 6.07) is 0. The van der Waals surface area contributed by atoms with Crippen LogP contribution in [0, 0.1) is 92.7 Å². The summed E-state index contributed by atoms with van der Waals surface area (Å²) in [6.07, 6.45) is 25.2. The molecule has 63 heavy (non-hydrogen) atoms. The number of hydrogen-bond donors (Lipinski definition) is 2. The first-order valence-electron chi connectivity index (χ1n) is 26.8. The van der Waals surface area contributed by atoms with Gasteiger partial charge in [0.15, 0.2) is 0 Å². The van der Waals surface area contributed by atoms with E-state index in [1.807, 2.05) is 0 Å². The van der Waals surface area contributed by atoms with Gasteiger partial charge < -0.3 is 29.2 Å². The minimum Gasteiger partial charge on any atom is -0.469 e. The van der Waals surface area contributed by atoms with E-state index >= 15 is 0 Å². The highest BCUT2D eigenvalue weighted by atomic mass is 16.5. The summed E-state index contributed by atoms with van der Waals surface area (Å²) in [5, 5.41) is 23.8. The number of carbonyl (C=O) groups is 2. The van der Waals surface area contributed by atoms with Crippen molar-refractivity contribution < 1.29 is 38.7 Å². The van der Waals surface area contributed by atoms with Gasteiger partial charge in [-0.2, -0.15) is 0 Å². The highest BCUT2D eigenvalue weighted by molar-refractivity contribution is 5.69. The van der Waals surface area contributed by atoms with Crippen molar-refractivity contribution in [2.45, 2.75) is 214 Å². The molecule has 0 aromatic carbocycles. The Morgan fingerprint density at radius 1 is 0.524 bits per heavy atom. The second-order valence-corrected chi connectivity index (χ2v) is 24.8. The van der Waals surface area contributed by atoms with E-state index in [1.165, 1.54) is 78.4 Å². The molecule has 20 atom stereocenters. The Labute approximate surface area is 383 Å². The van der Waals surface area contributed by atoms with Gasteiger partial charge in [-0.1, -0.05) is 41.5 Å². The number of ether oxygens (including phenoxy) is 4. The summed E-state index contributed by atoms with van der Waals surface area (Å²) in [5.41, 5.74) is 1.13. The summed E-state index contributed by atoms with van der Waals surface area (Å²) in [4.78, 5) is 23.9. The van der Waals surface area contributed by atoms with Crippen LogP contribution >= 0.6 is 0 Å². The van der Waals surface area contributed by atoms with Gasteiger partial charge in [0.25, 0.3) is 0 Å². The van der Waals surface area contributed by atoms with Gasteiger partial charge in [-0.25, -0.2) is 0 Å². The maximum absolute atomic E-state index is 11.9. The lowest BCUT2D eigenvalue weighted by atomic mass is 9.43. The fourth-order valence-corrected chi connectivity index (χ4v) is 18.8. The predicted molar refractivity (Wildman–Crippen MR) is 247 cm³/mol. The number of rotatable bonds is 16. The molecule has 0 heterocycles. The third kappa shape index (κ3) is 9.00. The Kier molecular flexibility index (Phi) is 14.9. The molecule has 0 amide bonds. The molecule has 0 aliphatic heterocycles. The van der Waals surface area contributed by atoms with Crippen LogP contribution in [-0.4, -0.2) is 74.0 Å². The average molecular weight is 881 g/mol. The third-order valence-electron chi connectivity index (χ3n) is 22.3. The zero-order valence-electron chi connectivity index (χ0n) is 41.3. The first-order valence-corrected chi connectivity index (χ1v) is 26.8. The smallest absolute Gasteiger partial charge is 0.305 e. The van der Waals surface area contributed by atoms with Crippen LogP contribution in [0.15, 0.2) is 0 Å². The van der Waals surface area contributed by atoms with E-state index in [-0.39, 0.29) is 35.0 Å². The SMILES string of the molecule is COC(=O)CC[C@@H](C)[C@H]1CC[C@H]2[C@@H]3[C@H](O)CC4C[C@H](OCCCCCO[C@@H]5CC[C@@]6(C)C(C5)C[C@H](O)[C@H]5[C@@H]7CC[C@H]([C@H](C)CCC(=O)OC)[C@@]7(C)CC[C@@H]56)CC[C@]4(C)[C@@H]3CC[C@]12C. The van der Waals surface area contributed by atoms with Gasteiger partial charge in [-0.05, 0) is 228 Å². The number of unbranched alkanes of at least 4 members (excludes halogenated alkanes) is 2. The molecule has 0 bridgehead atoms. The van der Waals surface area contributed by atoms with E-state index in [9.17, 15) is 19.8 Å². The van der Waals surface area contributed by atoms with E-state index in [1.54, 1.807) is 0 Å².